The predicted molar refractivity (Wildman–Crippen MR) is 108 cm³/mol. The van der Waals surface area contributed by atoms with E-state index in [1.165, 1.54) is 7.11 Å². The Morgan fingerprint density at radius 1 is 1.11 bits per heavy atom. The van der Waals surface area contributed by atoms with E-state index >= 15 is 0 Å². The quantitative estimate of drug-likeness (QED) is 0.720. The predicted octanol–water partition coefficient (Wildman–Crippen LogP) is 2.71. The summed E-state index contributed by atoms with van der Waals surface area (Å²) in [6.45, 7) is 0. The molecule has 3 amide bonds. The summed E-state index contributed by atoms with van der Waals surface area (Å²) in [4.78, 5) is 38.4. The Bertz CT molecular complexity index is 884. The first-order chi connectivity index (χ1) is 13.5. The number of nitrogens with zero attached hydrogens (tertiary/aromatic N) is 1. The molecule has 7 nitrogen and oxygen atoms in total. The molecule has 3 rings (SSSR count). The monoisotopic (exact) mass is 400 g/mol. The van der Waals surface area contributed by atoms with Crippen molar-refractivity contribution in [3.63, 3.8) is 0 Å². The van der Waals surface area contributed by atoms with E-state index in [4.69, 9.17) is 9.47 Å². The Morgan fingerprint density at radius 3 is 2.50 bits per heavy atom. The number of carbonyl (C=O) groups excluding carboxylic acids is 3. The molecule has 0 radical (unpaired) electrons. The molecule has 1 atom stereocenters. The summed E-state index contributed by atoms with van der Waals surface area (Å²) in [5.41, 5.74) is 1.06. The molecule has 0 aliphatic carbocycles. The Labute approximate surface area is 167 Å². The van der Waals surface area contributed by atoms with Crippen molar-refractivity contribution < 1.29 is 23.9 Å². The van der Waals surface area contributed by atoms with Crippen LogP contribution in [0.15, 0.2) is 48.5 Å². The molecule has 1 aliphatic heterocycles. The van der Waals surface area contributed by atoms with Crippen LogP contribution in [0.25, 0.3) is 0 Å². The normalized spacial score (nSPS) is 16.2. The van der Waals surface area contributed by atoms with Crippen molar-refractivity contribution in [2.24, 2.45) is 0 Å². The van der Waals surface area contributed by atoms with Crippen LogP contribution in [-0.2, 0) is 14.4 Å². The van der Waals surface area contributed by atoms with Gasteiger partial charge >= 0.3 is 0 Å². The van der Waals surface area contributed by atoms with Gasteiger partial charge in [0, 0.05) is 6.42 Å². The van der Waals surface area contributed by atoms with Crippen molar-refractivity contribution in [1.29, 1.82) is 0 Å². The first-order valence-corrected chi connectivity index (χ1v) is 9.63. The molecule has 1 fully saturated rings. The number of nitrogens with one attached hydrogen (secondary N) is 1. The molecular formula is C20H20N2O5S. The lowest BCUT2D eigenvalue weighted by Crippen LogP contribution is -2.31. The SMILES string of the molecule is COc1ccc(N2C(=O)CC(SCC(=O)Nc3ccccc3OC)C2=O)cc1. The van der Waals surface area contributed by atoms with Crippen LogP contribution >= 0.6 is 11.8 Å². The highest BCUT2D eigenvalue weighted by atomic mass is 32.2. The van der Waals surface area contributed by atoms with Crippen LogP contribution in [-0.4, -0.2) is 42.9 Å². The number of hydrogen-bond donors (Lipinski definition) is 1. The van der Waals surface area contributed by atoms with E-state index in [9.17, 15) is 14.4 Å². The zero-order valence-electron chi connectivity index (χ0n) is 15.5. The molecule has 8 heteroatoms. The first kappa shape index (κ1) is 19.8. The Kier molecular flexibility index (Phi) is 6.20. The fourth-order valence-corrected chi connectivity index (χ4v) is 3.78. The van der Waals surface area contributed by atoms with Crippen molar-refractivity contribution in [2.75, 3.05) is 30.2 Å². The maximum Gasteiger partial charge on any atom is 0.247 e. The highest BCUT2D eigenvalue weighted by Gasteiger charge is 2.40. The number of imide groups is 1. The molecule has 1 unspecified atom stereocenters. The zero-order valence-corrected chi connectivity index (χ0v) is 16.3. The standard InChI is InChI=1S/C20H20N2O5S/c1-26-14-9-7-13(8-10-14)22-19(24)11-17(20(22)25)28-12-18(23)21-15-5-3-4-6-16(15)27-2/h3-10,17H,11-12H2,1-2H3,(H,21,23). The Balaban J connectivity index is 1.60. The average molecular weight is 400 g/mol. The molecule has 1 aliphatic rings. The summed E-state index contributed by atoms with van der Waals surface area (Å²) in [6, 6.07) is 13.8. The van der Waals surface area contributed by atoms with Gasteiger partial charge in [0.05, 0.1) is 36.6 Å². The fraction of sp³-hybridized carbons (Fsp3) is 0.250. The van der Waals surface area contributed by atoms with Crippen LogP contribution < -0.4 is 19.7 Å². The number of ether oxygens (including phenoxy) is 2. The zero-order chi connectivity index (χ0) is 20.1. The third-order valence-electron chi connectivity index (χ3n) is 4.23. The number of benzene rings is 2. The number of methoxy groups -OCH3 is 2. The van der Waals surface area contributed by atoms with Crippen LogP contribution in [0, 0.1) is 0 Å². The van der Waals surface area contributed by atoms with E-state index < -0.39 is 5.25 Å². The topological polar surface area (TPSA) is 84.9 Å². The maximum atomic E-state index is 12.6. The van der Waals surface area contributed by atoms with Crippen LogP contribution in [0.5, 0.6) is 11.5 Å². The molecule has 0 bridgehead atoms. The van der Waals surface area contributed by atoms with Crippen LogP contribution in [0.1, 0.15) is 6.42 Å². The Morgan fingerprint density at radius 2 is 1.82 bits per heavy atom. The van der Waals surface area contributed by atoms with E-state index in [1.54, 1.807) is 55.6 Å². The molecule has 0 spiro atoms. The molecule has 0 aromatic heterocycles. The number of carbonyl (C=O) groups is 3. The van der Waals surface area contributed by atoms with Crippen molar-refractivity contribution in [3.8, 4) is 11.5 Å². The van der Waals surface area contributed by atoms with Gasteiger partial charge in [0.25, 0.3) is 0 Å². The number of rotatable bonds is 7. The summed E-state index contributed by atoms with van der Waals surface area (Å²) in [5, 5.41) is 2.17. The molecule has 2 aromatic carbocycles. The number of para-hydroxylation sites is 2. The minimum Gasteiger partial charge on any atom is -0.497 e. The third-order valence-corrected chi connectivity index (χ3v) is 5.43. The number of amides is 3. The summed E-state index contributed by atoms with van der Waals surface area (Å²) in [7, 11) is 3.07. The number of hydrogen-bond acceptors (Lipinski definition) is 6. The van der Waals surface area contributed by atoms with Gasteiger partial charge in [0.1, 0.15) is 11.5 Å². The van der Waals surface area contributed by atoms with Gasteiger partial charge in [-0.25, -0.2) is 4.90 Å². The van der Waals surface area contributed by atoms with Gasteiger partial charge in [0.2, 0.25) is 17.7 Å². The fourth-order valence-electron chi connectivity index (χ4n) is 2.85. The second-order valence-corrected chi connectivity index (χ2v) is 7.21. The van der Waals surface area contributed by atoms with Gasteiger partial charge in [-0.05, 0) is 36.4 Å². The van der Waals surface area contributed by atoms with Gasteiger partial charge in [-0.1, -0.05) is 12.1 Å². The molecule has 1 heterocycles. The number of anilines is 2. The summed E-state index contributed by atoms with van der Waals surface area (Å²) >= 11 is 1.15. The van der Waals surface area contributed by atoms with E-state index in [0.717, 1.165) is 16.7 Å². The lowest BCUT2D eigenvalue weighted by Gasteiger charge is -2.15. The van der Waals surface area contributed by atoms with Gasteiger partial charge in [-0.2, -0.15) is 0 Å². The number of thioether (sulfide) groups is 1. The van der Waals surface area contributed by atoms with Crippen molar-refractivity contribution in [2.45, 2.75) is 11.7 Å². The Hall–Kier alpha value is -3.00. The second-order valence-electron chi connectivity index (χ2n) is 6.02. The summed E-state index contributed by atoms with van der Waals surface area (Å²) in [5.74, 6) is 0.388. The first-order valence-electron chi connectivity index (χ1n) is 8.59. The highest BCUT2D eigenvalue weighted by Crippen LogP contribution is 2.31. The summed E-state index contributed by atoms with van der Waals surface area (Å²) < 4.78 is 10.3. The second kappa shape index (κ2) is 8.79. The van der Waals surface area contributed by atoms with Crippen molar-refractivity contribution in [3.05, 3.63) is 48.5 Å². The molecule has 0 saturated carbocycles. The molecule has 1 saturated heterocycles. The molecule has 28 heavy (non-hydrogen) atoms. The molecule has 1 N–H and O–H groups in total. The largest absolute Gasteiger partial charge is 0.497 e. The van der Waals surface area contributed by atoms with E-state index in [1.807, 2.05) is 0 Å². The summed E-state index contributed by atoms with van der Waals surface area (Å²) in [6.07, 6.45) is 0.0669. The molecule has 146 valence electrons. The van der Waals surface area contributed by atoms with Crippen LogP contribution in [0.2, 0.25) is 0 Å². The molecular weight excluding hydrogens is 380 g/mol. The van der Waals surface area contributed by atoms with E-state index in [-0.39, 0.29) is 29.9 Å². The van der Waals surface area contributed by atoms with Gasteiger partial charge in [-0.3, -0.25) is 14.4 Å². The molecule has 2 aromatic rings. The minimum atomic E-state index is -0.585. The average Bonchev–Trinajstić information content (AvgIpc) is 3.00. The van der Waals surface area contributed by atoms with E-state index in [2.05, 4.69) is 5.32 Å². The third kappa shape index (κ3) is 4.28. The van der Waals surface area contributed by atoms with Crippen LogP contribution in [0.3, 0.4) is 0 Å². The van der Waals surface area contributed by atoms with E-state index in [0.29, 0.717) is 22.9 Å². The maximum absolute atomic E-state index is 12.6. The lowest BCUT2D eigenvalue weighted by molar-refractivity contribution is -0.121. The van der Waals surface area contributed by atoms with Gasteiger partial charge < -0.3 is 14.8 Å². The smallest absolute Gasteiger partial charge is 0.247 e. The van der Waals surface area contributed by atoms with Crippen molar-refractivity contribution >= 4 is 40.9 Å². The highest BCUT2D eigenvalue weighted by molar-refractivity contribution is 8.01. The van der Waals surface area contributed by atoms with Gasteiger partial charge in [0.15, 0.2) is 0 Å². The van der Waals surface area contributed by atoms with Gasteiger partial charge in [-0.15, -0.1) is 11.8 Å². The van der Waals surface area contributed by atoms with Crippen LogP contribution in [0.4, 0.5) is 11.4 Å². The van der Waals surface area contributed by atoms with Crippen molar-refractivity contribution in [1.82, 2.24) is 0 Å². The lowest BCUT2D eigenvalue weighted by atomic mass is 10.3. The minimum absolute atomic E-state index is 0.0538.